The number of hydrogen-bond donors (Lipinski definition) is 0. The molecule has 3 heterocycles. The molecule has 2 amide bonds. The quantitative estimate of drug-likeness (QED) is 0.728. The zero-order chi connectivity index (χ0) is 19.8. The highest BCUT2D eigenvalue weighted by Crippen LogP contribution is 2.45. The molecule has 148 valence electrons. The highest BCUT2D eigenvalue weighted by atomic mass is 32.1. The lowest BCUT2D eigenvalue weighted by Crippen LogP contribution is -2.64. The second-order valence-corrected chi connectivity index (χ2v) is 8.94. The minimum absolute atomic E-state index is 0.139. The molecule has 8 nitrogen and oxygen atoms in total. The van der Waals surface area contributed by atoms with E-state index in [2.05, 4.69) is 4.98 Å². The fraction of sp³-hybridized carbons (Fsp3) is 0.667. The standard InChI is InChI=1S/C18H25N3O5S/c1-5-25-15(23)12-7-20(14(22)13-6-19-11-27-13)8-18(12)9-21(10-18)16(24)26-17(2,3)4/h6,11-12H,5,7-10H2,1-4H3. The number of carbonyl (C=O) groups excluding carboxylic acids is 3. The van der Waals surface area contributed by atoms with Crippen LogP contribution in [0.1, 0.15) is 37.4 Å². The van der Waals surface area contributed by atoms with Crippen molar-refractivity contribution in [2.45, 2.75) is 33.3 Å². The number of amides is 2. The highest BCUT2D eigenvalue weighted by molar-refractivity contribution is 7.11. The molecule has 3 rings (SSSR count). The van der Waals surface area contributed by atoms with E-state index in [-0.39, 0.29) is 25.0 Å². The van der Waals surface area contributed by atoms with Gasteiger partial charge in [-0.3, -0.25) is 14.6 Å². The summed E-state index contributed by atoms with van der Waals surface area (Å²) >= 11 is 1.27. The maximum atomic E-state index is 12.7. The molecule has 0 radical (unpaired) electrons. The van der Waals surface area contributed by atoms with Crippen molar-refractivity contribution in [3.8, 4) is 0 Å². The summed E-state index contributed by atoms with van der Waals surface area (Å²) in [6, 6.07) is 0. The first-order valence-electron chi connectivity index (χ1n) is 8.97. The molecular formula is C18H25N3O5S. The van der Waals surface area contributed by atoms with Crippen molar-refractivity contribution in [1.29, 1.82) is 0 Å². The van der Waals surface area contributed by atoms with Crippen LogP contribution in [-0.2, 0) is 14.3 Å². The van der Waals surface area contributed by atoms with Crippen molar-refractivity contribution in [3.05, 3.63) is 16.6 Å². The van der Waals surface area contributed by atoms with E-state index in [1.807, 2.05) is 20.8 Å². The first-order chi connectivity index (χ1) is 12.6. The van der Waals surface area contributed by atoms with Gasteiger partial charge in [-0.05, 0) is 27.7 Å². The van der Waals surface area contributed by atoms with Gasteiger partial charge in [0.15, 0.2) is 0 Å². The van der Waals surface area contributed by atoms with E-state index in [0.29, 0.717) is 24.5 Å². The van der Waals surface area contributed by atoms with Crippen LogP contribution >= 0.6 is 11.3 Å². The van der Waals surface area contributed by atoms with Crippen LogP contribution in [0.15, 0.2) is 11.7 Å². The van der Waals surface area contributed by atoms with Crippen LogP contribution in [-0.4, -0.2) is 71.1 Å². The zero-order valence-corrected chi connectivity index (χ0v) is 16.9. The van der Waals surface area contributed by atoms with Gasteiger partial charge in [0.2, 0.25) is 0 Å². The Labute approximate surface area is 162 Å². The van der Waals surface area contributed by atoms with Crippen LogP contribution < -0.4 is 0 Å². The topological polar surface area (TPSA) is 89.0 Å². The summed E-state index contributed by atoms with van der Waals surface area (Å²) < 4.78 is 10.6. The lowest BCUT2D eigenvalue weighted by Gasteiger charge is -2.49. The van der Waals surface area contributed by atoms with Crippen LogP contribution in [0.3, 0.4) is 0 Å². The van der Waals surface area contributed by atoms with Gasteiger partial charge in [0.25, 0.3) is 5.91 Å². The van der Waals surface area contributed by atoms with Crippen molar-refractivity contribution in [1.82, 2.24) is 14.8 Å². The van der Waals surface area contributed by atoms with Gasteiger partial charge in [0.1, 0.15) is 10.5 Å². The first kappa shape index (κ1) is 19.6. The Bertz CT molecular complexity index is 722. The second kappa shape index (κ2) is 7.10. The molecule has 1 aromatic heterocycles. The maximum absolute atomic E-state index is 12.7. The van der Waals surface area contributed by atoms with Gasteiger partial charge >= 0.3 is 12.1 Å². The van der Waals surface area contributed by atoms with Crippen LogP contribution in [0.2, 0.25) is 0 Å². The molecule has 1 unspecified atom stereocenters. The second-order valence-electron chi connectivity index (χ2n) is 8.05. The van der Waals surface area contributed by atoms with E-state index >= 15 is 0 Å². The average Bonchev–Trinajstić information content (AvgIpc) is 3.19. The summed E-state index contributed by atoms with van der Waals surface area (Å²) in [6.45, 7) is 8.92. The van der Waals surface area contributed by atoms with Crippen molar-refractivity contribution in [2.75, 3.05) is 32.8 Å². The third kappa shape index (κ3) is 3.92. The van der Waals surface area contributed by atoms with Gasteiger partial charge in [-0.2, -0.15) is 0 Å². The summed E-state index contributed by atoms with van der Waals surface area (Å²) in [6.07, 6.45) is 1.13. The van der Waals surface area contributed by atoms with Gasteiger partial charge in [-0.15, -0.1) is 11.3 Å². The number of carbonyl (C=O) groups is 3. The molecule has 9 heteroatoms. The van der Waals surface area contributed by atoms with Gasteiger partial charge < -0.3 is 19.3 Å². The van der Waals surface area contributed by atoms with Crippen molar-refractivity contribution in [2.24, 2.45) is 11.3 Å². The normalized spacial score (nSPS) is 21.1. The lowest BCUT2D eigenvalue weighted by molar-refractivity contribution is -0.155. The van der Waals surface area contributed by atoms with Gasteiger partial charge in [-0.1, -0.05) is 0 Å². The number of rotatable bonds is 3. The Kier molecular flexibility index (Phi) is 5.16. The summed E-state index contributed by atoms with van der Waals surface area (Å²) in [7, 11) is 0. The van der Waals surface area contributed by atoms with E-state index in [1.165, 1.54) is 17.5 Å². The molecule has 2 saturated heterocycles. The molecule has 2 aliphatic rings. The summed E-state index contributed by atoms with van der Waals surface area (Å²) in [4.78, 5) is 45.2. The molecular weight excluding hydrogens is 370 g/mol. The van der Waals surface area contributed by atoms with Crippen molar-refractivity contribution < 1.29 is 23.9 Å². The van der Waals surface area contributed by atoms with E-state index in [4.69, 9.17) is 9.47 Å². The third-order valence-electron chi connectivity index (χ3n) is 4.81. The molecule has 1 spiro atoms. The number of likely N-dealkylation sites (tertiary alicyclic amines) is 2. The number of hydrogen-bond acceptors (Lipinski definition) is 7. The van der Waals surface area contributed by atoms with Gasteiger partial charge in [0.05, 0.1) is 24.2 Å². The van der Waals surface area contributed by atoms with Crippen LogP contribution in [0.5, 0.6) is 0 Å². The molecule has 1 atom stereocenters. The molecule has 0 aromatic carbocycles. The molecule has 0 aliphatic carbocycles. The Morgan fingerprint density at radius 1 is 1.26 bits per heavy atom. The minimum atomic E-state index is -0.579. The zero-order valence-electron chi connectivity index (χ0n) is 16.1. The summed E-state index contributed by atoms with van der Waals surface area (Å²) in [5, 5.41) is 0. The van der Waals surface area contributed by atoms with E-state index < -0.39 is 23.0 Å². The monoisotopic (exact) mass is 395 g/mol. The molecule has 27 heavy (non-hydrogen) atoms. The fourth-order valence-corrected chi connectivity index (χ4v) is 4.25. The molecule has 0 N–H and O–H groups in total. The third-order valence-corrected chi connectivity index (χ3v) is 5.57. The Morgan fingerprint density at radius 3 is 2.48 bits per heavy atom. The predicted octanol–water partition coefficient (Wildman–Crippen LogP) is 2.02. The molecule has 0 bridgehead atoms. The SMILES string of the molecule is CCOC(=O)C1CN(C(=O)c2cncs2)CC12CN(C(=O)OC(C)(C)C)C2. The number of esters is 1. The van der Waals surface area contributed by atoms with Crippen LogP contribution in [0, 0.1) is 11.3 Å². The lowest BCUT2D eigenvalue weighted by atomic mass is 9.71. The Balaban J connectivity index is 1.73. The average molecular weight is 395 g/mol. The number of nitrogens with zero attached hydrogens (tertiary/aromatic N) is 3. The fourth-order valence-electron chi connectivity index (χ4n) is 3.66. The largest absolute Gasteiger partial charge is 0.466 e. The predicted molar refractivity (Wildman–Crippen MR) is 98.4 cm³/mol. The van der Waals surface area contributed by atoms with Crippen LogP contribution in [0.25, 0.3) is 0 Å². The van der Waals surface area contributed by atoms with Gasteiger partial charge in [-0.25, -0.2) is 4.79 Å². The molecule has 0 saturated carbocycles. The smallest absolute Gasteiger partial charge is 0.410 e. The van der Waals surface area contributed by atoms with Crippen LogP contribution in [0.4, 0.5) is 4.79 Å². The van der Waals surface area contributed by atoms with Gasteiger partial charge in [0, 0.05) is 31.6 Å². The Morgan fingerprint density at radius 2 is 1.93 bits per heavy atom. The van der Waals surface area contributed by atoms with E-state index in [0.717, 1.165) is 0 Å². The van der Waals surface area contributed by atoms with Crippen molar-refractivity contribution in [3.63, 3.8) is 0 Å². The molecule has 2 aliphatic heterocycles. The minimum Gasteiger partial charge on any atom is -0.466 e. The maximum Gasteiger partial charge on any atom is 0.410 e. The molecule has 1 aromatic rings. The number of ether oxygens (including phenoxy) is 2. The van der Waals surface area contributed by atoms with E-state index in [9.17, 15) is 14.4 Å². The highest BCUT2D eigenvalue weighted by Gasteiger charge is 2.60. The van der Waals surface area contributed by atoms with Crippen molar-refractivity contribution >= 4 is 29.3 Å². The number of thiazole rings is 1. The first-order valence-corrected chi connectivity index (χ1v) is 9.85. The molecule has 2 fully saturated rings. The Hall–Kier alpha value is -2.16. The number of aromatic nitrogens is 1. The van der Waals surface area contributed by atoms with E-state index in [1.54, 1.807) is 22.2 Å². The summed E-state index contributed by atoms with van der Waals surface area (Å²) in [5.41, 5.74) is 0.545. The summed E-state index contributed by atoms with van der Waals surface area (Å²) in [5.74, 6) is -0.909.